The third-order valence-electron chi connectivity index (χ3n) is 2.82. The largest absolute Gasteiger partial charge is 0.391 e. The summed E-state index contributed by atoms with van der Waals surface area (Å²) >= 11 is 2.67. The van der Waals surface area contributed by atoms with Crippen molar-refractivity contribution in [1.82, 2.24) is 4.31 Å². The second-order valence-electron chi connectivity index (χ2n) is 4.60. The van der Waals surface area contributed by atoms with Crippen LogP contribution in [0.15, 0.2) is 33.9 Å². The summed E-state index contributed by atoms with van der Waals surface area (Å²) in [4.78, 5) is 1.67. The molecule has 0 fully saturated rings. The van der Waals surface area contributed by atoms with Crippen LogP contribution in [0.2, 0.25) is 0 Å². The zero-order valence-electron chi connectivity index (χ0n) is 11.3. The molecule has 0 aliphatic carbocycles. The minimum atomic E-state index is -3.52. The average Bonchev–Trinajstić information content (AvgIpc) is 3.06. The van der Waals surface area contributed by atoms with Gasteiger partial charge in [0.1, 0.15) is 4.21 Å². The van der Waals surface area contributed by atoms with Gasteiger partial charge in [0.2, 0.25) is 0 Å². The van der Waals surface area contributed by atoms with Crippen LogP contribution in [-0.2, 0) is 23.2 Å². The molecule has 0 unspecified atom stereocenters. The first-order chi connectivity index (χ1) is 9.45. The van der Waals surface area contributed by atoms with Crippen molar-refractivity contribution in [2.75, 3.05) is 0 Å². The van der Waals surface area contributed by atoms with Crippen LogP contribution >= 0.6 is 22.7 Å². The van der Waals surface area contributed by atoms with Crippen molar-refractivity contribution in [3.05, 3.63) is 39.4 Å². The molecule has 2 aromatic heterocycles. The van der Waals surface area contributed by atoms with Crippen molar-refractivity contribution in [3.8, 4) is 0 Å². The van der Waals surface area contributed by atoms with Crippen molar-refractivity contribution in [3.63, 3.8) is 0 Å². The van der Waals surface area contributed by atoms with E-state index in [1.165, 1.54) is 4.31 Å². The maximum atomic E-state index is 12.7. The maximum Gasteiger partial charge on any atom is 0.253 e. The Kier molecular flexibility index (Phi) is 4.98. The highest BCUT2D eigenvalue weighted by molar-refractivity contribution is 7.91. The fraction of sp³-hybridized carbons (Fsp3) is 0.385. The predicted octanol–water partition coefficient (Wildman–Crippen LogP) is 2.90. The molecule has 2 aromatic rings. The van der Waals surface area contributed by atoms with Gasteiger partial charge in [-0.1, -0.05) is 6.07 Å². The summed E-state index contributed by atoms with van der Waals surface area (Å²) in [5.41, 5.74) is 0. The third kappa shape index (κ3) is 3.29. The summed E-state index contributed by atoms with van der Waals surface area (Å²) in [6, 6.07) is 6.95. The number of hydrogen-bond donors (Lipinski definition) is 1. The molecule has 0 aliphatic rings. The molecule has 110 valence electrons. The normalized spacial score (nSPS) is 12.4. The van der Waals surface area contributed by atoms with Gasteiger partial charge in [0.15, 0.2) is 0 Å². The van der Waals surface area contributed by atoms with E-state index in [2.05, 4.69) is 0 Å². The summed E-state index contributed by atoms with van der Waals surface area (Å²) in [6.07, 6.45) is 0. The summed E-state index contributed by atoms with van der Waals surface area (Å²) in [6.45, 7) is 3.98. The average molecular weight is 331 g/mol. The number of rotatable bonds is 6. The fourth-order valence-corrected chi connectivity index (χ4v) is 5.54. The van der Waals surface area contributed by atoms with Crippen LogP contribution in [0.1, 0.15) is 23.6 Å². The van der Waals surface area contributed by atoms with E-state index in [-0.39, 0.29) is 16.9 Å². The Hall–Kier alpha value is -0.730. The lowest BCUT2D eigenvalue weighted by atomic mass is 10.4. The molecule has 0 spiro atoms. The van der Waals surface area contributed by atoms with Crippen LogP contribution in [-0.4, -0.2) is 23.9 Å². The molecule has 0 saturated heterocycles. The highest BCUT2D eigenvalue weighted by Crippen LogP contribution is 2.28. The minimum Gasteiger partial charge on any atom is -0.391 e. The van der Waals surface area contributed by atoms with Gasteiger partial charge < -0.3 is 5.11 Å². The Morgan fingerprint density at radius 3 is 2.50 bits per heavy atom. The molecular formula is C13H17NO3S3. The number of hydrogen-bond acceptors (Lipinski definition) is 5. The molecule has 0 bridgehead atoms. The molecule has 0 amide bonds. The molecule has 0 radical (unpaired) electrons. The highest BCUT2D eigenvalue weighted by Gasteiger charge is 2.28. The van der Waals surface area contributed by atoms with Gasteiger partial charge in [-0.05, 0) is 37.4 Å². The summed E-state index contributed by atoms with van der Waals surface area (Å²) in [7, 11) is -3.52. The topological polar surface area (TPSA) is 57.6 Å². The fourth-order valence-electron chi connectivity index (χ4n) is 1.80. The van der Waals surface area contributed by atoms with E-state index in [1.807, 2.05) is 31.4 Å². The van der Waals surface area contributed by atoms with Crippen LogP contribution in [0.5, 0.6) is 0 Å². The molecular weight excluding hydrogens is 314 g/mol. The van der Waals surface area contributed by atoms with Gasteiger partial charge in [-0.15, -0.1) is 22.7 Å². The minimum absolute atomic E-state index is 0.123. The van der Waals surface area contributed by atoms with E-state index < -0.39 is 10.0 Å². The van der Waals surface area contributed by atoms with Gasteiger partial charge in [-0.25, -0.2) is 8.42 Å². The summed E-state index contributed by atoms with van der Waals surface area (Å²) in [5, 5.41) is 11.0. The Morgan fingerprint density at radius 1 is 1.25 bits per heavy atom. The number of aliphatic hydroxyl groups is 1. The van der Waals surface area contributed by atoms with Gasteiger partial charge in [0, 0.05) is 22.3 Å². The van der Waals surface area contributed by atoms with Gasteiger partial charge >= 0.3 is 0 Å². The molecule has 20 heavy (non-hydrogen) atoms. The predicted molar refractivity (Wildman–Crippen MR) is 82.4 cm³/mol. The lowest BCUT2D eigenvalue weighted by Gasteiger charge is -2.24. The van der Waals surface area contributed by atoms with Crippen LogP contribution in [0.3, 0.4) is 0 Å². The number of thiophene rings is 2. The SMILES string of the molecule is CC(C)N(Cc1cccs1)S(=O)(=O)c1ccc(CO)s1. The first-order valence-corrected chi connectivity index (χ1v) is 9.32. The number of sulfonamides is 1. The van der Waals surface area contributed by atoms with E-state index in [1.54, 1.807) is 23.5 Å². The van der Waals surface area contributed by atoms with E-state index >= 15 is 0 Å². The van der Waals surface area contributed by atoms with E-state index in [0.717, 1.165) is 16.2 Å². The van der Waals surface area contributed by atoms with Gasteiger partial charge in [0.05, 0.1) is 6.61 Å². The zero-order chi connectivity index (χ0) is 14.8. The van der Waals surface area contributed by atoms with Crippen molar-refractivity contribution in [2.45, 2.75) is 37.3 Å². The van der Waals surface area contributed by atoms with Crippen LogP contribution in [0.4, 0.5) is 0 Å². The van der Waals surface area contributed by atoms with Crippen molar-refractivity contribution >= 4 is 32.7 Å². The molecule has 0 aromatic carbocycles. The zero-order valence-corrected chi connectivity index (χ0v) is 13.8. The first-order valence-electron chi connectivity index (χ1n) is 6.19. The molecule has 0 aliphatic heterocycles. The highest BCUT2D eigenvalue weighted by atomic mass is 32.2. The van der Waals surface area contributed by atoms with Gasteiger partial charge in [-0.3, -0.25) is 0 Å². The number of nitrogens with zero attached hydrogens (tertiary/aromatic N) is 1. The van der Waals surface area contributed by atoms with E-state index in [4.69, 9.17) is 5.11 Å². The third-order valence-corrected chi connectivity index (χ3v) is 7.24. The molecule has 1 N–H and O–H groups in total. The van der Waals surface area contributed by atoms with E-state index in [9.17, 15) is 8.42 Å². The molecule has 0 atom stereocenters. The van der Waals surface area contributed by atoms with E-state index in [0.29, 0.717) is 11.4 Å². The van der Waals surface area contributed by atoms with Crippen LogP contribution < -0.4 is 0 Å². The number of aliphatic hydroxyl groups excluding tert-OH is 1. The van der Waals surface area contributed by atoms with Crippen molar-refractivity contribution < 1.29 is 13.5 Å². The lowest BCUT2D eigenvalue weighted by Crippen LogP contribution is -2.35. The van der Waals surface area contributed by atoms with Crippen LogP contribution in [0, 0.1) is 0 Å². The Morgan fingerprint density at radius 2 is 2.00 bits per heavy atom. The second-order valence-corrected chi connectivity index (χ2v) is 8.92. The lowest BCUT2D eigenvalue weighted by molar-refractivity contribution is 0.285. The smallest absolute Gasteiger partial charge is 0.253 e. The monoisotopic (exact) mass is 331 g/mol. The summed E-state index contributed by atoms with van der Waals surface area (Å²) < 4.78 is 27.2. The standard InChI is InChI=1S/C13H17NO3S3/c1-10(2)14(8-11-4-3-7-18-11)20(16,17)13-6-5-12(9-15)19-13/h3-7,10,15H,8-9H2,1-2H3. The molecule has 2 heterocycles. The molecule has 0 saturated carbocycles. The first kappa shape index (κ1) is 15.7. The second kappa shape index (κ2) is 6.36. The molecule has 4 nitrogen and oxygen atoms in total. The molecule has 2 rings (SSSR count). The van der Waals surface area contributed by atoms with Crippen molar-refractivity contribution in [2.24, 2.45) is 0 Å². The molecule has 7 heteroatoms. The van der Waals surface area contributed by atoms with Gasteiger partial charge in [0.25, 0.3) is 10.0 Å². The Balaban J connectivity index is 2.32. The van der Waals surface area contributed by atoms with Crippen LogP contribution in [0.25, 0.3) is 0 Å². The van der Waals surface area contributed by atoms with Gasteiger partial charge in [-0.2, -0.15) is 4.31 Å². The quantitative estimate of drug-likeness (QED) is 0.885. The Labute approximate surface area is 127 Å². The summed E-state index contributed by atoms with van der Waals surface area (Å²) in [5.74, 6) is 0. The maximum absolute atomic E-state index is 12.7. The van der Waals surface area contributed by atoms with Crippen molar-refractivity contribution in [1.29, 1.82) is 0 Å². The Bertz CT molecular complexity index is 644.